The molecule has 5 heteroatoms. The molecule has 0 aromatic rings. The summed E-state index contributed by atoms with van der Waals surface area (Å²) in [7, 11) is 0. The van der Waals surface area contributed by atoms with Crippen molar-refractivity contribution in [1.29, 1.82) is 0 Å². The largest absolute Gasteiger partial charge is 0.328 e. The summed E-state index contributed by atoms with van der Waals surface area (Å²) in [5, 5.41) is 0. The number of rotatable bonds is 4. The SMILES string of the molecule is NC1CCN(CC(=O)NOC2CCCC2)CC1. The van der Waals surface area contributed by atoms with Gasteiger partial charge in [0, 0.05) is 19.1 Å². The molecule has 1 saturated carbocycles. The molecular weight excluding hydrogens is 218 g/mol. The highest BCUT2D eigenvalue weighted by Gasteiger charge is 2.20. The van der Waals surface area contributed by atoms with Crippen molar-refractivity contribution in [2.75, 3.05) is 19.6 Å². The molecule has 98 valence electrons. The first-order valence-electron chi connectivity index (χ1n) is 6.66. The molecule has 0 radical (unpaired) electrons. The van der Waals surface area contributed by atoms with Crippen molar-refractivity contribution >= 4 is 5.91 Å². The quantitative estimate of drug-likeness (QED) is 0.699. The van der Waals surface area contributed by atoms with Gasteiger partial charge in [0.05, 0.1) is 12.6 Å². The lowest BCUT2D eigenvalue weighted by molar-refractivity contribution is -0.139. The lowest BCUT2D eigenvalue weighted by Gasteiger charge is -2.29. The van der Waals surface area contributed by atoms with Gasteiger partial charge in [0.2, 0.25) is 0 Å². The van der Waals surface area contributed by atoms with E-state index in [-0.39, 0.29) is 12.0 Å². The Hall–Kier alpha value is -0.650. The summed E-state index contributed by atoms with van der Waals surface area (Å²) in [6, 6.07) is 0.309. The van der Waals surface area contributed by atoms with Gasteiger partial charge in [-0.05, 0) is 25.7 Å². The molecule has 2 rings (SSSR count). The maximum Gasteiger partial charge on any atom is 0.257 e. The monoisotopic (exact) mass is 241 g/mol. The maximum absolute atomic E-state index is 11.6. The molecular formula is C12H23N3O2. The van der Waals surface area contributed by atoms with Crippen LogP contribution in [0.2, 0.25) is 0 Å². The molecule has 0 aromatic heterocycles. The van der Waals surface area contributed by atoms with Crippen LogP contribution in [-0.2, 0) is 9.63 Å². The third-order valence-electron chi connectivity index (χ3n) is 3.64. The average molecular weight is 241 g/mol. The van der Waals surface area contributed by atoms with Crippen LogP contribution in [0.15, 0.2) is 0 Å². The molecule has 0 aromatic carbocycles. The predicted octanol–water partition coefficient (Wildman–Crippen LogP) is 0.400. The second-order valence-electron chi connectivity index (χ2n) is 5.16. The van der Waals surface area contributed by atoms with Crippen LogP contribution >= 0.6 is 0 Å². The Morgan fingerprint density at radius 1 is 1.24 bits per heavy atom. The van der Waals surface area contributed by atoms with E-state index in [2.05, 4.69) is 10.4 Å². The summed E-state index contributed by atoms with van der Waals surface area (Å²) >= 11 is 0. The lowest BCUT2D eigenvalue weighted by Crippen LogP contribution is -2.45. The molecule has 1 amide bonds. The van der Waals surface area contributed by atoms with Crippen LogP contribution in [0, 0.1) is 0 Å². The fourth-order valence-electron chi connectivity index (χ4n) is 2.50. The van der Waals surface area contributed by atoms with Gasteiger partial charge >= 0.3 is 0 Å². The van der Waals surface area contributed by atoms with Crippen LogP contribution in [0.4, 0.5) is 0 Å². The topological polar surface area (TPSA) is 67.6 Å². The molecule has 2 fully saturated rings. The van der Waals surface area contributed by atoms with Crippen molar-refractivity contribution in [3.63, 3.8) is 0 Å². The fourth-order valence-corrected chi connectivity index (χ4v) is 2.50. The number of carbonyl (C=O) groups excluding carboxylic acids is 1. The Morgan fingerprint density at radius 3 is 2.53 bits per heavy atom. The van der Waals surface area contributed by atoms with Crippen molar-refractivity contribution in [2.24, 2.45) is 5.73 Å². The Morgan fingerprint density at radius 2 is 1.88 bits per heavy atom. The molecule has 1 aliphatic heterocycles. The summed E-state index contributed by atoms with van der Waals surface area (Å²) in [5.74, 6) is -0.0348. The van der Waals surface area contributed by atoms with E-state index in [1.54, 1.807) is 0 Å². The second-order valence-corrected chi connectivity index (χ2v) is 5.16. The molecule has 0 spiro atoms. The third kappa shape index (κ3) is 4.26. The maximum atomic E-state index is 11.6. The zero-order chi connectivity index (χ0) is 12.1. The Bertz CT molecular complexity index is 246. The molecule has 0 unspecified atom stereocenters. The molecule has 1 aliphatic carbocycles. The van der Waals surface area contributed by atoms with Gasteiger partial charge in [0.15, 0.2) is 0 Å². The number of hydrogen-bond donors (Lipinski definition) is 2. The summed E-state index contributed by atoms with van der Waals surface area (Å²) < 4.78 is 0. The van der Waals surface area contributed by atoms with Crippen molar-refractivity contribution in [3.8, 4) is 0 Å². The molecule has 0 bridgehead atoms. The van der Waals surface area contributed by atoms with Gasteiger partial charge < -0.3 is 5.73 Å². The standard InChI is InChI=1S/C12H23N3O2/c13-10-5-7-15(8-6-10)9-12(16)14-17-11-3-1-2-4-11/h10-11H,1-9,13H2,(H,14,16). The van der Waals surface area contributed by atoms with Gasteiger partial charge in [-0.2, -0.15) is 0 Å². The van der Waals surface area contributed by atoms with E-state index in [4.69, 9.17) is 10.6 Å². The van der Waals surface area contributed by atoms with E-state index < -0.39 is 0 Å². The van der Waals surface area contributed by atoms with Crippen molar-refractivity contribution in [3.05, 3.63) is 0 Å². The molecule has 3 N–H and O–H groups in total. The number of hydrogen-bond acceptors (Lipinski definition) is 4. The zero-order valence-electron chi connectivity index (χ0n) is 10.4. The molecule has 5 nitrogen and oxygen atoms in total. The van der Waals surface area contributed by atoms with Crippen LogP contribution in [0.3, 0.4) is 0 Å². The summed E-state index contributed by atoms with van der Waals surface area (Å²) in [6.45, 7) is 2.26. The molecule has 2 aliphatic rings. The number of nitrogens with two attached hydrogens (primary N) is 1. The highest BCUT2D eigenvalue weighted by atomic mass is 16.7. The zero-order valence-corrected chi connectivity index (χ0v) is 10.4. The number of carbonyl (C=O) groups is 1. The first-order valence-corrected chi connectivity index (χ1v) is 6.66. The summed E-state index contributed by atoms with van der Waals surface area (Å²) in [5.41, 5.74) is 8.39. The van der Waals surface area contributed by atoms with Crippen LogP contribution in [0.5, 0.6) is 0 Å². The Balaban J connectivity index is 1.60. The Labute approximate surface area is 103 Å². The van der Waals surface area contributed by atoms with Gasteiger partial charge in [-0.1, -0.05) is 12.8 Å². The minimum atomic E-state index is -0.0348. The van der Waals surface area contributed by atoms with E-state index in [9.17, 15) is 4.79 Å². The molecule has 1 saturated heterocycles. The minimum Gasteiger partial charge on any atom is -0.328 e. The number of nitrogens with one attached hydrogen (secondary N) is 1. The van der Waals surface area contributed by atoms with Gasteiger partial charge in [-0.25, -0.2) is 5.48 Å². The number of hydroxylamine groups is 1. The third-order valence-corrected chi connectivity index (χ3v) is 3.64. The van der Waals surface area contributed by atoms with E-state index in [1.165, 1.54) is 12.8 Å². The van der Waals surface area contributed by atoms with Crippen LogP contribution in [-0.4, -0.2) is 42.6 Å². The Kier molecular flexibility index (Phi) is 4.76. The first-order chi connectivity index (χ1) is 8.24. The number of nitrogens with zero attached hydrogens (tertiary/aromatic N) is 1. The average Bonchev–Trinajstić information content (AvgIpc) is 2.83. The van der Waals surface area contributed by atoms with E-state index >= 15 is 0 Å². The number of piperidine rings is 1. The molecule has 17 heavy (non-hydrogen) atoms. The van der Waals surface area contributed by atoms with E-state index in [0.29, 0.717) is 12.6 Å². The highest BCUT2D eigenvalue weighted by molar-refractivity contribution is 5.76. The molecule has 1 heterocycles. The van der Waals surface area contributed by atoms with Gasteiger partial charge in [-0.3, -0.25) is 14.5 Å². The van der Waals surface area contributed by atoms with Crippen LogP contribution in [0.1, 0.15) is 38.5 Å². The first kappa shape index (κ1) is 12.8. The van der Waals surface area contributed by atoms with Crippen molar-refractivity contribution in [2.45, 2.75) is 50.7 Å². The predicted molar refractivity (Wildman–Crippen MR) is 65.1 cm³/mol. The highest BCUT2D eigenvalue weighted by Crippen LogP contribution is 2.19. The van der Waals surface area contributed by atoms with Gasteiger partial charge in [0.1, 0.15) is 0 Å². The smallest absolute Gasteiger partial charge is 0.257 e. The lowest BCUT2D eigenvalue weighted by atomic mass is 10.1. The van der Waals surface area contributed by atoms with Crippen molar-refractivity contribution in [1.82, 2.24) is 10.4 Å². The van der Waals surface area contributed by atoms with Crippen LogP contribution in [0.25, 0.3) is 0 Å². The molecule has 0 atom stereocenters. The fraction of sp³-hybridized carbons (Fsp3) is 0.917. The second kappa shape index (κ2) is 6.33. The summed E-state index contributed by atoms with van der Waals surface area (Å²) in [4.78, 5) is 19.2. The number of amides is 1. The van der Waals surface area contributed by atoms with Crippen molar-refractivity contribution < 1.29 is 9.63 Å². The van der Waals surface area contributed by atoms with Crippen LogP contribution < -0.4 is 11.2 Å². The van der Waals surface area contributed by atoms with Gasteiger partial charge in [-0.15, -0.1) is 0 Å². The van der Waals surface area contributed by atoms with Gasteiger partial charge in [0.25, 0.3) is 5.91 Å². The summed E-state index contributed by atoms with van der Waals surface area (Å²) in [6.07, 6.45) is 6.76. The number of likely N-dealkylation sites (tertiary alicyclic amines) is 1. The van der Waals surface area contributed by atoms with E-state index in [1.807, 2.05) is 0 Å². The minimum absolute atomic E-state index is 0.0348. The normalized spacial score (nSPS) is 24.1. The van der Waals surface area contributed by atoms with E-state index in [0.717, 1.165) is 38.8 Å².